The zero-order valence-corrected chi connectivity index (χ0v) is 16.0. The molecule has 0 spiro atoms. The highest BCUT2D eigenvalue weighted by Crippen LogP contribution is 2.12. The van der Waals surface area contributed by atoms with E-state index in [2.05, 4.69) is 25.6 Å². The van der Waals surface area contributed by atoms with E-state index >= 15 is 0 Å². The Kier molecular flexibility index (Phi) is 6.03. The average Bonchev–Trinajstić information content (AvgIpc) is 3.06. The summed E-state index contributed by atoms with van der Waals surface area (Å²) in [6, 6.07) is 9.12. The highest BCUT2D eigenvalue weighted by molar-refractivity contribution is 6.30. The molecule has 0 bridgehead atoms. The van der Waals surface area contributed by atoms with Crippen LogP contribution < -0.4 is 10.6 Å². The van der Waals surface area contributed by atoms with Crippen LogP contribution in [0.15, 0.2) is 42.7 Å². The molecule has 0 saturated heterocycles. The number of aryl methyl sites for hydroxylation is 2. The number of nitrogens with one attached hydrogen (secondary N) is 2. The topological polar surface area (TPSA) is 84.7 Å². The highest BCUT2D eigenvalue weighted by atomic mass is 35.5. The highest BCUT2D eigenvalue weighted by Gasteiger charge is 2.07. The third kappa shape index (κ3) is 5.27. The van der Waals surface area contributed by atoms with Crippen LogP contribution in [0.4, 0.5) is 5.82 Å². The van der Waals surface area contributed by atoms with E-state index in [-0.39, 0.29) is 5.91 Å². The predicted molar refractivity (Wildman–Crippen MR) is 105 cm³/mol. The lowest BCUT2D eigenvalue weighted by Gasteiger charge is -2.10. The molecule has 0 aliphatic heterocycles. The first-order valence-electron chi connectivity index (χ1n) is 8.62. The number of hydrogen-bond donors (Lipinski definition) is 2. The van der Waals surface area contributed by atoms with Gasteiger partial charge in [-0.25, -0.2) is 15.0 Å². The number of nitrogens with zero attached hydrogens (tertiary/aromatic N) is 4. The quantitative estimate of drug-likeness (QED) is 0.612. The van der Waals surface area contributed by atoms with Gasteiger partial charge in [-0.1, -0.05) is 23.7 Å². The van der Waals surface area contributed by atoms with Crippen molar-refractivity contribution in [2.24, 2.45) is 0 Å². The number of rotatable bonds is 7. The number of halogens is 1. The maximum atomic E-state index is 12.0. The minimum atomic E-state index is -0.0345. The van der Waals surface area contributed by atoms with Crippen molar-refractivity contribution in [1.82, 2.24) is 24.8 Å². The van der Waals surface area contributed by atoms with Gasteiger partial charge in [-0.05, 0) is 31.5 Å². The molecule has 2 heterocycles. The maximum absolute atomic E-state index is 12.0. The summed E-state index contributed by atoms with van der Waals surface area (Å²) in [5.41, 5.74) is 0.927. The van der Waals surface area contributed by atoms with Gasteiger partial charge in [0.2, 0.25) is 5.91 Å². The Hall–Kier alpha value is -2.93. The van der Waals surface area contributed by atoms with E-state index in [4.69, 9.17) is 11.6 Å². The van der Waals surface area contributed by atoms with Gasteiger partial charge in [-0.3, -0.25) is 9.36 Å². The van der Waals surface area contributed by atoms with Crippen molar-refractivity contribution in [2.45, 2.75) is 20.3 Å². The number of anilines is 1. The minimum absolute atomic E-state index is 0.0345. The van der Waals surface area contributed by atoms with E-state index in [1.165, 1.54) is 0 Å². The van der Waals surface area contributed by atoms with Crippen molar-refractivity contribution in [3.05, 3.63) is 65.0 Å². The van der Waals surface area contributed by atoms with Gasteiger partial charge < -0.3 is 10.6 Å². The lowest BCUT2D eigenvalue weighted by atomic mass is 10.1. The normalized spacial score (nSPS) is 10.6. The van der Waals surface area contributed by atoms with Gasteiger partial charge >= 0.3 is 0 Å². The largest absolute Gasteiger partial charge is 0.368 e. The summed E-state index contributed by atoms with van der Waals surface area (Å²) in [4.78, 5) is 25.0. The van der Waals surface area contributed by atoms with Crippen molar-refractivity contribution >= 4 is 23.3 Å². The minimum Gasteiger partial charge on any atom is -0.368 e. The van der Waals surface area contributed by atoms with Crippen LogP contribution in [0.2, 0.25) is 5.02 Å². The fourth-order valence-electron chi connectivity index (χ4n) is 2.63. The molecule has 0 unspecified atom stereocenters. The lowest BCUT2D eigenvalue weighted by Crippen LogP contribution is -2.30. The molecule has 27 heavy (non-hydrogen) atoms. The van der Waals surface area contributed by atoms with Gasteiger partial charge in [-0.2, -0.15) is 0 Å². The molecule has 0 saturated carbocycles. The molecule has 1 aromatic carbocycles. The number of carbonyl (C=O) groups excluding carboxylic acids is 1. The first-order chi connectivity index (χ1) is 13.0. The second-order valence-corrected chi connectivity index (χ2v) is 6.52. The van der Waals surface area contributed by atoms with Gasteiger partial charge in [0.05, 0.1) is 6.42 Å². The molecular formula is C19H21ClN6O. The number of benzene rings is 1. The van der Waals surface area contributed by atoms with E-state index in [1.54, 1.807) is 18.3 Å². The molecule has 0 radical (unpaired) electrons. The summed E-state index contributed by atoms with van der Waals surface area (Å²) in [5, 5.41) is 6.77. The SMILES string of the molecule is Cc1nc(NCCNC(=O)Cc2ccc(Cl)cc2)cc(-n2ccnc2C)n1. The molecule has 140 valence electrons. The van der Waals surface area contributed by atoms with Gasteiger partial charge in [0.25, 0.3) is 0 Å². The van der Waals surface area contributed by atoms with Crippen LogP contribution in [0.5, 0.6) is 0 Å². The number of aromatic nitrogens is 4. The number of carbonyl (C=O) groups is 1. The summed E-state index contributed by atoms with van der Waals surface area (Å²) in [6.45, 7) is 4.82. The molecule has 2 aromatic heterocycles. The molecule has 0 atom stereocenters. The molecule has 8 heteroatoms. The molecule has 3 aromatic rings. The van der Waals surface area contributed by atoms with E-state index in [0.717, 1.165) is 17.2 Å². The zero-order valence-electron chi connectivity index (χ0n) is 15.2. The van der Waals surface area contributed by atoms with Crippen LogP contribution in [0.3, 0.4) is 0 Å². The van der Waals surface area contributed by atoms with Crippen LogP contribution in [0.1, 0.15) is 17.2 Å². The standard InChI is InChI=1S/C19H21ClN6O/c1-13-24-17(12-18(25-13)26-10-9-21-14(26)2)22-7-8-23-19(27)11-15-3-5-16(20)6-4-15/h3-6,9-10,12H,7-8,11H2,1-2H3,(H,23,27)(H,22,24,25). The van der Waals surface area contributed by atoms with Crippen LogP contribution in [0, 0.1) is 13.8 Å². The molecular weight excluding hydrogens is 364 g/mol. The smallest absolute Gasteiger partial charge is 0.224 e. The van der Waals surface area contributed by atoms with Crippen molar-refractivity contribution < 1.29 is 4.79 Å². The first-order valence-corrected chi connectivity index (χ1v) is 9.00. The van der Waals surface area contributed by atoms with Crippen LogP contribution in [0.25, 0.3) is 5.82 Å². The average molecular weight is 385 g/mol. The molecule has 1 amide bonds. The molecule has 0 aliphatic rings. The van der Waals surface area contributed by atoms with E-state index < -0.39 is 0 Å². The van der Waals surface area contributed by atoms with E-state index in [1.807, 2.05) is 42.8 Å². The lowest BCUT2D eigenvalue weighted by molar-refractivity contribution is -0.120. The fourth-order valence-corrected chi connectivity index (χ4v) is 2.75. The van der Waals surface area contributed by atoms with Crippen LogP contribution in [-0.4, -0.2) is 38.5 Å². The van der Waals surface area contributed by atoms with Crippen molar-refractivity contribution in [3.63, 3.8) is 0 Å². The van der Waals surface area contributed by atoms with Crippen molar-refractivity contribution in [2.75, 3.05) is 18.4 Å². The second kappa shape index (κ2) is 8.64. The van der Waals surface area contributed by atoms with Gasteiger partial charge in [0.1, 0.15) is 23.3 Å². The van der Waals surface area contributed by atoms with E-state index in [0.29, 0.717) is 36.2 Å². The summed E-state index contributed by atoms with van der Waals surface area (Å²) in [6.07, 6.45) is 3.92. The maximum Gasteiger partial charge on any atom is 0.224 e. The summed E-state index contributed by atoms with van der Waals surface area (Å²) < 4.78 is 1.90. The van der Waals surface area contributed by atoms with Crippen LogP contribution >= 0.6 is 11.6 Å². The Bertz CT molecular complexity index is 922. The van der Waals surface area contributed by atoms with Crippen molar-refractivity contribution in [1.29, 1.82) is 0 Å². The second-order valence-electron chi connectivity index (χ2n) is 6.08. The molecule has 2 N–H and O–H groups in total. The summed E-state index contributed by atoms with van der Waals surface area (Å²) in [7, 11) is 0. The molecule has 7 nitrogen and oxygen atoms in total. The Morgan fingerprint density at radius 3 is 2.63 bits per heavy atom. The van der Waals surface area contributed by atoms with E-state index in [9.17, 15) is 4.79 Å². The summed E-state index contributed by atoms with van der Waals surface area (Å²) in [5.74, 6) is 2.94. The van der Waals surface area contributed by atoms with Gasteiger partial charge in [0, 0.05) is 36.6 Å². The predicted octanol–water partition coefficient (Wildman–Crippen LogP) is 2.70. The molecule has 0 aliphatic carbocycles. The Morgan fingerprint density at radius 1 is 1.15 bits per heavy atom. The number of imidazole rings is 1. The van der Waals surface area contributed by atoms with Crippen LogP contribution in [-0.2, 0) is 11.2 Å². The van der Waals surface area contributed by atoms with Crippen molar-refractivity contribution in [3.8, 4) is 5.82 Å². The molecule has 3 rings (SSSR count). The Morgan fingerprint density at radius 2 is 1.93 bits per heavy atom. The number of hydrogen-bond acceptors (Lipinski definition) is 5. The number of amides is 1. The first kappa shape index (κ1) is 18.8. The monoisotopic (exact) mass is 384 g/mol. The summed E-state index contributed by atoms with van der Waals surface area (Å²) >= 11 is 5.85. The third-order valence-electron chi connectivity index (χ3n) is 3.93. The Balaban J connectivity index is 1.50. The van der Waals surface area contributed by atoms with Gasteiger partial charge in [0.15, 0.2) is 0 Å². The Labute approximate surface area is 162 Å². The third-order valence-corrected chi connectivity index (χ3v) is 4.18. The fraction of sp³-hybridized carbons (Fsp3) is 0.263. The zero-order chi connectivity index (χ0) is 19.2. The molecule has 0 fully saturated rings. The van der Waals surface area contributed by atoms with Gasteiger partial charge in [-0.15, -0.1) is 0 Å².